The van der Waals surface area contributed by atoms with E-state index in [-0.39, 0.29) is 43.9 Å². The molecule has 7 heteroatoms. The first-order valence-corrected chi connectivity index (χ1v) is 10.6. The maximum Gasteiger partial charge on any atom is 0.260 e. The largest absolute Gasteiger partial charge is 0.484 e. The fraction of sp³-hybridized carbons (Fsp3) is 0.280. The van der Waals surface area contributed by atoms with Crippen molar-refractivity contribution in [1.29, 1.82) is 0 Å². The normalized spacial score (nSPS) is 10.6. The molecular formula is C25H27FN2O4. The zero-order valence-electron chi connectivity index (χ0n) is 18.1. The molecule has 3 rings (SSSR count). The Kier molecular flexibility index (Phi) is 8.43. The summed E-state index contributed by atoms with van der Waals surface area (Å²) in [6.45, 7) is 2.68. The molecule has 6 nitrogen and oxygen atoms in total. The molecule has 0 saturated carbocycles. The van der Waals surface area contributed by atoms with Gasteiger partial charge in [-0.15, -0.1) is 0 Å². The number of rotatable bonds is 11. The van der Waals surface area contributed by atoms with Crippen molar-refractivity contribution < 1.29 is 23.1 Å². The fourth-order valence-corrected chi connectivity index (χ4v) is 3.21. The highest BCUT2D eigenvalue weighted by Gasteiger charge is 2.22. The van der Waals surface area contributed by atoms with E-state index in [4.69, 9.17) is 9.15 Å². The Labute approximate surface area is 187 Å². The molecule has 0 atom stereocenters. The number of amides is 2. The van der Waals surface area contributed by atoms with Crippen LogP contribution in [-0.4, -0.2) is 41.3 Å². The SMILES string of the molecule is CCCN(CC(=O)N(Cc1ccc(F)cc1)Cc1ccco1)C(=O)COc1ccccc1. The summed E-state index contributed by atoms with van der Waals surface area (Å²) < 4.78 is 24.2. The molecule has 0 bridgehead atoms. The highest BCUT2D eigenvalue weighted by atomic mass is 19.1. The number of benzene rings is 2. The van der Waals surface area contributed by atoms with Gasteiger partial charge in [0.05, 0.1) is 19.4 Å². The fourth-order valence-electron chi connectivity index (χ4n) is 3.21. The van der Waals surface area contributed by atoms with E-state index in [9.17, 15) is 14.0 Å². The number of carbonyl (C=O) groups is 2. The molecule has 1 heterocycles. The van der Waals surface area contributed by atoms with Crippen LogP contribution in [0.1, 0.15) is 24.7 Å². The van der Waals surface area contributed by atoms with E-state index >= 15 is 0 Å². The molecule has 0 fully saturated rings. The minimum Gasteiger partial charge on any atom is -0.484 e. The van der Waals surface area contributed by atoms with E-state index in [0.29, 0.717) is 24.5 Å². The van der Waals surface area contributed by atoms with Crippen LogP contribution in [0.25, 0.3) is 0 Å². The third kappa shape index (κ3) is 6.97. The second kappa shape index (κ2) is 11.7. The Morgan fingerprint density at radius 3 is 2.31 bits per heavy atom. The van der Waals surface area contributed by atoms with Crippen LogP contribution >= 0.6 is 0 Å². The van der Waals surface area contributed by atoms with Gasteiger partial charge < -0.3 is 19.0 Å². The molecule has 0 saturated heterocycles. The lowest BCUT2D eigenvalue weighted by Crippen LogP contribution is -2.44. The van der Waals surface area contributed by atoms with Crippen molar-refractivity contribution >= 4 is 11.8 Å². The minimum atomic E-state index is -0.337. The van der Waals surface area contributed by atoms with Gasteiger partial charge in [-0.25, -0.2) is 4.39 Å². The second-order valence-electron chi connectivity index (χ2n) is 7.37. The van der Waals surface area contributed by atoms with Crippen LogP contribution in [0.3, 0.4) is 0 Å². The molecule has 168 valence electrons. The Morgan fingerprint density at radius 2 is 1.66 bits per heavy atom. The van der Waals surface area contributed by atoms with E-state index in [1.165, 1.54) is 17.0 Å². The molecule has 0 aliphatic carbocycles. The van der Waals surface area contributed by atoms with Crippen molar-refractivity contribution in [3.8, 4) is 5.75 Å². The van der Waals surface area contributed by atoms with Crippen LogP contribution in [0.4, 0.5) is 4.39 Å². The lowest BCUT2D eigenvalue weighted by Gasteiger charge is -2.27. The zero-order chi connectivity index (χ0) is 22.8. The van der Waals surface area contributed by atoms with Crippen molar-refractivity contribution in [2.75, 3.05) is 19.7 Å². The second-order valence-corrected chi connectivity index (χ2v) is 7.37. The average molecular weight is 438 g/mol. The van der Waals surface area contributed by atoms with Crippen LogP contribution < -0.4 is 4.74 Å². The van der Waals surface area contributed by atoms with Gasteiger partial charge in [0.25, 0.3) is 5.91 Å². The van der Waals surface area contributed by atoms with Crippen LogP contribution in [0.5, 0.6) is 5.75 Å². The topological polar surface area (TPSA) is 63.0 Å². The highest BCUT2D eigenvalue weighted by Crippen LogP contribution is 2.13. The minimum absolute atomic E-state index is 0.0767. The van der Waals surface area contributed by atoms with E-state index in [0.717, 1.165) is 5.56 Å². The number of hydrogen-bond acceptors (Lipinski definition) is 4. The summed E-state index contributed by atoms with van der Waals surface area (Å²) in [5, 5.41) is 0. The van der Waals surface area contributed by atoms with Crippen molar-refractivity contribution in [3.05, 3.63) is 90.1 Å². The summed E-state index contributed by atoms with van der Waals surface area (Å²) in [5.41, 5.74) is 0.784. The van der Waals surface area contributed by atoms with Gasteiger partial charge in [0.2, 0.25) is 5.91 Å². The average Bonchev–Trinajstić information content (AvgIpc) is 3.32. The monoisotopic (exact) mass is 438 g/mol. The van der Waals surface area contributed by atoms with Gasteiger partial charge in [0.1, 0.15) is 17.3 Å². The summed E-state index contributed by atoms with van der Waals surface area (Å²) in [5.74, 6) is 0.396. The molecule has 32 heavy (non-hydrogen) atoms. The van der Waals surface area contributed by atoms with Crippen LogP contribution in [0, 0.1) is 5.82 Å². The standard InChI is InChI=1S/C25H27FN2O4/c1-2-14-27(25(30)19-32-22-7-4-3-5-8-22)18-24(29)28(17-23-9-6-15-31-23)16-20-10-12-21(26)13-11-20/h3-13,15H,2,14,16-19H2,1H3. The van der Waals surface area contributed by atoms with Gasteiger partial charge in [-0.3, -0.25) is 9.59 Å². The summed E-state index contributed by atoms with van der Waals surface area (Å²) in [4.78, 5) is 29.0. The van der Waals surface area contributed by atoms with Gasteiger partial charge in [-0.05, 0) is 48.4 Å². The van der Waals surface area contributed by atoms with Gasteiger partial charge >= 0.3 is 0 Å². The molecular weight excluding hydrogens is 411 g/mol. The lowest BCUT2D eigenvalue weighted by atomic mass is 10.2. The highest BCUT2D eigenvalue weighted by molar-refractivity contribution is 5.85. The van der Waals surface area contributed by atoms with Crippen LogP contribution in [0.2, 0.25) is 0 Å². The van der Waals surface area contributed by atoms with Crippen LogP contribution in [-0.2, 0) is 22.7 Å². The molecule has 3 aromatic rings. The summed E-state index contributed by atoms with van der Waals surface area (Å²) >= 11 is 0. The smallest absolute Gasteiger partial charge is 0.260 e. The predicted molar refractivity (Wildman–Crippen MR) is 118 cm³/mol. The summed E-state index contributed by atoms with van der Waals surface area (Å²) in [7, 11) is 0. The number of nitrogens with zero attached hydrogens (tertiary/aromatic N) is 2. The number of halogens is 1. The van der Waals surface area contributed by atoms with E-state index in [1.54, 1.807) is 47.6 Å². The van der Waals surface area contributed by atoms with Crippen molar-refractivity contribution in [3.63, 3.8) is 0 Å². The molecule has 2 aromatic carbocycles. The zero-order valence-corrected chi connectivity index (χ0v) is 18.1. The van der Waals surface area contributed by atoms with Crippen molar-refractivity contribution in [2.24, 2.45) is 0 Å². The first-order valence-electron chi connectivity index (χ1n) is 10.6. The lowest BCUT2D eigenvalue weighted by molar-refractivity contribution is -0.142. The first kappa shape index (κ1) is 23.1. The number of hydrogen-bond donors (Lipinski definition) is 0. The predicted octanol–water partition coefficient (Wildman–Crippen LogP) is 4.27. The number of ether oxygens (including phenoxy) is 1. The summed E-state index contributed by atoms with van der Waals surface area (Å²) in [6, 6.07) is 18.6. The first-order chi connectivity index (χ1) is 15.5. The third-order valence-corrected chi connectivity index (χ3v) is 4.84. The van der Waals surface area contributed by atoms with E-state index in [2.05, 4.69) is 0 Å². The number of carbonyl (C=O) groups excluding carboxylic acids is 2. The Morgan fingerprint density at radius 1 is 0.906 bits per heavy atom. The Bertz CT molecular complexity index is 975. The van der Waals surface area contributed by atoms with Crippen LogP contribution in [0.15, 0.2) is 77.4 Å². The molecule has 0 N–H and O–H groups in total. The third-order valence-electron chi connectivity index (χ3n) is 4.84. The van der Waals surface area contributed by atoms with Crippen molar-refractivity contribution in [1.82, 2.24) is 9.80 Å². The molecule has 0 radical (unpaired) electrons. The van der Waals surface area contributed by atoms with E-state index < -0.39 is 0 Å². The van der Waals surface area contributed by atoms with Gasteiger partial charge in [-0.1, -0.05) is 37.3 Å². The van der Waals surface area contributed by atoms with Gasteiger partial charge in [0.15, 0.2) is 6.61 Å². The quantitative estimate of drug-likeness (QED) is 0.449. The molecule has 0 unspecified atom stereocenters. The molecule has 1 aromatic heterocycles. The maximum atomic E-state index is 13.3. The molecule has 0 spiro atoms. The Hall–Kier alpha value is -3.61. The summed E-state index contributed by atoms with van der Waals surface area (Å²) in [6.07, 6.45) is 2.25. The molecule has 2 amide bonds. The Balaban J connectivity index is 1.67. The van der Waals surface area contributed by atoms with Gasteiger partial charge in [0, 0.05) is 13.1 Å². The molecule has 0 aliphatic heterocycles. The number of para-hydroxylation sites is 1. The maximum absolute atomic E-state index is 13.3. The number of furan rings is 1. The molecule has 0 aliphatic rings. The van der Waals surface area contributed by atoms with Gasteiger partial charge in [-0.2, -0.15) is 0 Å². The van der Waals surface area contributed by atoms with Crippen molar-refractivity contribution in [2.45, 2.75) is 26.4 Å². The van der Waals surface area contributed by atoms with E-state index in [1.807, 2.05) is 25.1 Å².